The van der Waals surface area contributed by atoms with Crippen molar-refractivity contribution < 1.29 is 4.74 Å². The van der Waals surface area contributed by atoms with Crippen molar-refractivity contribution in [3.8, 4) is 11.8 Å². The average Bonchev–Trinajstić information content (AvgIpc) is 2.20. The van der Waals surface area contributed by atoms with Crippen molar-refractivity contribution >= 4 is 11.8 Å². The van der Waals surface area contributed by atoms with Crippen LogP contribution in [0, 0.1) is 18.3 Å². The van der Waals surface area contributed by atoms with Gasteiger partial charge in [-0.3, -0.25) is 0 Å². The molecule has 1 aromatic carbocycles. The highest BCUT2D eigenvalue weighted by Gasteiger charge is 2.00. The quantitative estimate of drug-likeness (QED) is 0.562. The number of hydrogen-bond donors (Lipinski definition) is 0. The zero-order chi connectivity index (χ0) is 10.4. The van der Waals surface area contributed by atoms with Crippen LogP contribution in [0.2, 0.25) is 0 Å². The van der Waals surface area contributed by atoms with Gasteiger partial charge in [-0.05, 0) is 30.7 Å². The summed E-state index contributed by atoms with van der Waals surface area (Å²) < 4.78 is 5.11. The van der Waals surface area contributed by atoms with Gasteiger partial charge in [0.2, 0.25) is 0 Å². The minimum atomic E-state index is 0.593. The molecular formula is C11H13NOS. The lowest BCUT2D eigenvalue weighted by molar-refractivity contribution is 0.414. The molecule has 0 aromatic heterocycles. The molecule has 0 amide bonds. The number of aryl methyl sites for hydroxylation is 1. The van der Waals surface area contributed by atoms with Gasteiger partial charge < -0.3 is 4.74 Å². The van der Waals surface area contributed by atoms with Gasteiger partial charge in [-0.25, -0.2) is 0 Å². The maximum Gasteiger partial charge on any atom is 0.119 e. The summed E-state index contributed by atoms with van der Waals surface area (Å²) in [6.07, 6.45) is 0.593. The lowest BCUT2D eigenvalue weighted by Crippen LogP contribution is -1.86. The Morgan fingerprint density at radius 2 is 2.29 bits per heavy atom. The van der Waals surface area contributed by atoms with E-state index in [-0.39, 0.29) is 0 Å². The molecule has 74 valence electrons. The average molecular weight is 207 g/mol. The zero-order valence-corrected chi connectivity index (χ0v) is 9.23. The zero-order valence-electron chi connectivity index (χ0n) is 8.41. The predicted molar refractivity (Wildman–Crippen MR) is 58.7 cm³/mol. The van der Waals surface area contributed by atoms with Crippen LogP contribution >= 0.6 is 11.8 Å². The van der Waals surface area contributed by atoms with Crippen LogP contribution in [0.1, 0.15) is 12.0 Å². The van der Waals surface area contributed by atoms with Crippen molar-refractivity contribution in [3.63, 3.8) is 0 Å². The van der Waals surface area contributed by atoms with Crippen LogP contribution in [0.4, 0.5) is 0 Å². The standard InChI is InChI=1S/C11H13NOS/c1-9-8-10(13-2)4-5-11(9)14-7-3-6-12/h4-5,8H,3,7H2,1-2H3. The molecular weight excluding hydrogens is 194 g/mol. The number of nitriles is 1. The summed E-state index contributed by atoms with van der Waals surface area (Å²) in [6, 6.07) is 8.13. The minimum absolute atomic E-state index is 0.593. The Hall–Kier alpha value is -1.14. The van der Waals surface area contributed by atoms with Gasteiger partial charge in [0.05, 0.1) is 13.2 Å². The maximum absolute atomic E-state index is 8.41. The summed E-state index contributed by atoms with van der Waals surface area (Å²) in [4.78, 5) is 1.22. The smallest absolute Gasteiger partial charge is 0.119 e. The van der Waals surface area contributed by atoms with E-state index in [0.717, 1.165) is 11.5 Å². The number of thioether (sulfide) groups is 1. The first-order valence-corrected chi connectivity index (χ1v) is 5.41. The van der Waals surface area contributed by atoms with Crippen LogP contribution in [-0.2, 0) is 0 Å². The van der Waals surface area contributed by atoms with Gasteiger partial charge in [0.1, 0.15) is 5.75 Å². The van der Waals surface area contributed by atoms with E-state index in [1.807, 2.05) is 18.2 Å². The third kappa shape index (κ3) is 2.97. The highest BCUT2D eigenvalue weighted by atomic mass is 32.2. The van der Waals surface area contributed by atoms with E-state index in [0.29, 0.717) is 6.42 Å². The van der Waals surface area contributed by atoms with Gasteiger partial charge in [-0.15, -0.1) is 11.8 Å². The van der Waals surface area contributed by atoms with Gasteiger partial charge in [0, 0.05) is 17.1 Å². The second-order valence-corrected chi connectivity index (χ2v) is 4.02. The molecule has 0 spiro atoms. The number of methoxy groups -OCH3 is 1. The van der Waals surface area contributed by atoms with E-state index < -0.39 is 0 Å². The molecule has 0 aliphatic heterocycles. The van der Waals surface area contributed by atoms with Gasteiger partial charge in [0.25, 0.3) is 0 Å². The van der Waals surface area contributed by atoms with Crippen molar-refractivity contribution in [1.82, 2.24) is 0 Å². The Kier molecular flexibility index (Phi) is 4.34. The van der Waals surface area contributed by atoms with E-state index in [4.69, 9.17) is 10.00 Å². The van der Waals surface area contributed by atoms with E-state index >= 15 is 0 Å². The van der Waals surface area contributed by atoms with E-state index in [1.54, 1.807) is 18.9 Å². The van der Waals surface area contributed by atoms with Crippen molar-refractivity contribution in [1.29, 1.82) is 5.26 Å². The molecule has 3 heteroatoms. The molecule has 0 fully saturated rings. The highest BCUT2D eigenvalue weighted by molar-refractivity contribution is 7.99. The Morgan fingerprint density at radius 1 is 1.50 bits per heavy atom. The molecule has 0 radical (unpaired) electrons. The van der Waals surface area contributed by atoms with E-state index in [1.165, 1.54) is 10.5 Å². The third-order valence-corrected chi connectivity index (χ3v) is 3.03. The third-order valence-electron chi connectivity index (χ3n) is 1.85. The summed E-state index contributed by atoms with van der Waals surface area (Å²) in [5.74, 6) is 1.73. The van der Waals surface area contributed by atoms with Gasteiger partial charge in [-0.1, -0.05) is 0 Å². The monoisotopic (exact) mass is 207 g/mol. The lowest BCUT2D eigenvalue weighted by atomic mass is 10.2. The molecule has 0 aliphatic carbocycles. The fourth-order valence-electron chi connectivity index (χ4n) is 1.12. The lowest BCUT2D eigenvalue weighted by Gasteiger charge is -2.06. The molecule has 0 bridgehead atoms. The van der Waals surface area contributed by atoms with Crippen molar-refractivity contribution in [2.24, 2.45) is 0 Å². The van der Waals surface area contributed by atoms with Crippen LogP contribution < -0.4 is 4.74 Å². The van der Waals surface area contributed by atoms with E-state index in [9.17, 15) is 0 Å². The summed E-state index contributed by atoms with van der Waals surface area (Å²) in [5, 5.41) is 8.41. The molecule has 0 heterocycles. The van der Waals surface area contributed by atoms with Crippen LogP contribution in [0.25, 0.3) is 0 Å². The molecule has 1 rings (SSSR count). The van der Waals surface area contributed by atoms with Crippen molar-refractivity contribution in [3.05, 3.63) is 23.8 Å². The fourth-order valence-corrected chi connectivity index (χ4v) is 1.98. The maximum atomic E-state index is 8.41. The molecule has 1 aromatic rings. The Labute approximate surface area is 88.9 Å². The first kappa shape index (κ1) is 10.9. The number of ether oxygens (including phenoxy) is 1. The second-order valence-electron chi connectivity index (χ2n) is 2.89. The van der Waals surface area contributed by atoms with Gasteiger partial charge in [0.15, 0.2) is 0 Å². The first-order chi connectivity index (χ1) is 6.77. The highest BCUT2D eigenvalue weighted by Crippen LogP contribution is 2.26. The molecule has 0 saturated heterocycles. The largest absolute Gasteiger partial charge is 0.497 e. The van der Waals surface area contributed by atoms with Gasteiger partial charge >= 0.3 is 0 Å². The topological polar surface area (TPSA) is 33.0 Å². The minimum Gasteiger partial charge on any atom is -0.497 e. The summed E-state index contributed by atoms with van der Waals surface area (Å²) >= 11 is 1.71. The molecule has 14 heavy (non-hydrogen) atoms. The Morgan fingerprint density at radius 3 is 2.86 bits per heavy atom. The summed E-state index contributed by atoms with van der Waals surface area (Å²) in [7, 11) is 1.66. The van der Waals surface area contributed by atoms with Crippen LogP contribution in [0.5, 0.6) is 5.75 Å². The molecule has 0 atom stereocenters. The second kappa shape index (κ2) is 5.56. The summed E-state index contributed by atoms with van der Waals surface area (Å²) in [5.41, 5.74) is 1.20. The van der Waals surface area contributed by atoms with Gasteiger partial charge in [-0.2, -0.15) is 5.26 Å². The number of nitrogens with zero attached hydrogens (tertiary/aromatic N) is 1. The van der Waals surface area contributed by atoms with Crippen LogP contribution in [0.3, 0.4) is 0 Å². The van der Waals surface area contributed by atoms with Crippen molar-refractivity contribution in [2.45, 2.75) is 18.2 Å². The number of hydrogen-bond acceptors (Lipinski definition) is 3. The molecule has 0 aliphatic rings. The fraction of sp³-hybridized carbons (Fsp3) is 0.364. The molecule has 2 nitrogen and oxygen atoms in total. The molecule has 0 unspecified atom stereocenters. The van der Waals surface area contributed by atoms with Crippen LogP contribution in [-0.4, -0.2) is 12.9 Å². The molecule has 0 N–H and O–H groups in total. The predicted octanol–water partition coefficient (Wildman–Crippen LogP) is 3.01. The summed E-state index contributed by atoms with van der Waals surface area (Å²) in [6.45, 7) is 2.05. The first-order valence-electron chi connectivity index (χ1n) is 4.42. The number of benzene rings is 1. The number of rotatable bonds is 4. The Bertz CT molecular complexity index is 344. The SMILES string of the molecule is COc1ccc(SCCC#N)c(C)c1. The van der Waals surface area contributed by atoms with Crippen LogP contribution in [0.15, 0.2) is 23.1 Å². The Balaban J connectivity index is 2.65. The molecule has 0 saturated carbocycles. The van der Waals surface area contributed by atoms with Crippen molar-refractivity contribution in [2.75, 3.05) is 12.9 Å². The normalized spacial score (nSPS) is 9.50. The van der Waals surface area contributed by atoms with E-state index in [2.05, 4.69) is 13.0 Å².